The SMILES string of the molecule is CC(C)(C)OC(=O)n1cccc1-c1ccc(=O)n(Cc2ccc(Cl)cc2)c1. The molecule has 6 heteroatoms. The van der Waals surface area contributed by atoms with E-state index in [0.29, 0.717) is 17.3 Å². The third-order valence-corrected chi connectivity index (χ3v) is 4.14. The molecule has 0 aliphatic rings. The Balaban J connectivity index is 1.93. The fourth-order valence-corrected chi connectivity index (χ4v) is 2.81. The Labute approximate surface area is 162 Å². The van der Waals surface area contributed by atoms with Gasteiger partial charge in [-0.05, 0) is 56.7 Å². The number of benzene rings is 1. The largest absolute Gasteiger partial charge is 0.443 e. The Morgan fingerprint density at radius 1 is 1.07 bits per heavy atom. The van der Waals surface area contributed by atoms with Gasteiger partial charge in [0.2, 0.25) is 0 Å². The monoisotopic (exact) mass is 384 g/mol. The zero-order valence-corrected chi connectivity index (χ0v) is 16.2. The van der Waals surface area contributed by atoms with Gasteiger partial charge in [-0.1, -0.05) is 23.7 Å². The van der Waals surface area contributed by atoms with Crippen LogP contribution in [-0.2, 0) is 11.3 Å². The number of hydrogen-bond acceptors (Lipinski definition) is 3. The molecule has 0 radical (unpaired) electrons. The van der Waals surface area contributed by atoms with Crippen molar-refractivity contribution in [3.63, 3.8) is 0 Å². The first-order valence-electron chi connectivity index (χ1n) is 8.59. The van der Waals surface area contributed by atoms with Crippen molar-refractivity contribution in [2.24, 2.45) is 0 Å². The first-order chi connectivity index (χ1) is 12.7. The van der Waals surface area contributed by atoms with E-state index < -0.39 is 11.7 Å². The van der Waals surface area contributed by atoms with Gasteiger partial charge in [0.15, 0.2) is 0 Å². The van der Waals surface area contributed by atoms with Gasteiger partial charge >= 0.3 is 6.09 Å². The average Bonchev–Trinajstić information content (AvgIpc) is 3.07. The lowest BCUT2D eigenvalue weighted by Gasteiger charge is -2.20. The molecule has 0 atom stereocenters. The van der Waals surface area contributed by atoms with Gasteiger partial charge in [-0.25, -0.2) is 4.79 Å². The molecule has 0 spiro atoms. The van der Waals surface area contributed by atoms with Crippen molar-refractivity contribution in [3.8, 4) is 11.3 Å². The van der Waals surface area contributed by atoms with Gasteiger partial charge in [-0.15, -0.1) is 0 Å². The molecule has 3 aromatic rings. The number of rotatable bonds is 3. The summed E-state index contributed by atoms with van der Waals surface area (Å²) in [4.78, 5) is 24.7. The van der Waals surface area contributed by atoms with E-state index in [-0.39, 0.29) is 5.56 Å². The van der Waals surface area contributed by atoms with Gasteiger partial charge in [0.05, 0.1) is 12.2 Å². The molecule has 140 valence electrons. The van der Waals surface area contributed by atoms with Crippen LogP contribution in [0, 0.1) is 0 Å². The molecule has 5 nitrogen and oxygen atoms in total. The fourth-order valence-electron chi connectivity index (χ4n) is 2.68. The summed E-state index contributed by atoms with van der Waals surface area (Å²) in [6, 6.07) is 14.1. The molecule has 0 saturated heterocycles. The molecule has 0 bridgehead atoms. The van der Waals surface area contributed by atoms with E-state index in [4.69, 9.17) is 16.3 Å². The molecule has 0 unspecified atom stereocenters. The quantitative estimate of drug-likeness (QED) is 0.651. The molecule has 2 heterocycles. The fraction of sp³-hybridized carbons (Fsp3) is 0.238. The van der Waals surface area contributed by atoms with E-state index in [1.54, 1.807) is 41.2 Å². The van der Waals surface area contributed by atoms with Crippen LogP contribution in [0.25, 0.3) is 11.3 Å². The van der Waals surface area contributed by atoms with Gasteiger partial charge in [0.1, 0.15) is 5.60 Å². The summed E-state index contributed by atoms with van der Waals surface area (Å²) >= 11 is 5.92. The highest BCUT2D eigenvalue weighted by atomic mass is 35.5. The number of nitrogens with zero attached hydrogens (tertiary/aromatic N) is 2. The first-order valence-corrected chi connectivity index (χ1v) is 8.97. The summed E-state index contributed by atoms with van der Waals surface area (Å²) in [5, 5.41) is 0.648. The minimum absolute atomic E-state index is 0.121. The topological polar surface area (TPSA) is 53.2 Å². The number of halogens is 1. The van der Waals surface area contributed by atoms with Crippen LogP contribution in [0.5, 0.6) is 0 Å². The molecule has 0 N–H and O–H groups in total. The third kappa shape index (κ3) is 4.68. The normalized spacial score (nSPS) is 11.4. The summed E-state index contributed by atoms with van der Waals surface area (Å²) < 4.78 is 8.49. The van der Waals surface area contributed by atoms with E-state index in [1.165, 1.54) is 10.6 Å². The summed E-state index contributed by atoms with van der Waals surface area (Å²) in [6.45, 7) is 5.87. The predicted octanol–water partition coefficient (Wildman–Crippen LogP) is 4.80. The predicted molar refractivity (Wildman–Crippen MR) is 106 cm³/mol. The van der Waals surface area contributed by atoms with Gasteiger partial charge in [0.25, 0.3) is 5.56 Å². The van der Waals surface area contributed by atoms with Crippen LogP contribution in [0.4, 0.5) is 4.79 Å². The molecule has 0 aliphatic carbocycles. The number of hydrogen-bond donors (Lipinski definition) is 0. The van der Waals surface area contributed by atoms with Crippen molar-refractivity contribution >= 4 is 17.7 Å². The number of aromatic nitrogens is 2. The molecule has 0 fully saturated rings. The van der Waals surface area contributed by atoms with E-state index in [9.17, 15) is 9.59 Å². The lowest BCUT2D eigenvalue weighted by Crippen LogP contribution is -2.27. The Morgan fingerprint density at radius 2 is 1.78 bits per heavy atom. The van der Waals surface area contributed by atoms with Gasteiger partial charge in [-0.3, -0.25) is 9.36 Å². The van der Waals surface area contributed by atoms with Crippen LogP contribution < -0.4 is 5.56 Å². The maximum atomic E-state index is 12.5. The van der Waals surface area contributed by atoms with Crippen molar-refractivity contribution in [3.05, 3.63) is 81.9 Å². The Bertz CT molecular complexity index is 1010. The average molecular weight is 385 g/mol. The van der Waals surface area contributed by atoms with E-state index in [0.717, 1.165) is 11.1 Å². The van der Waals surface area contributed by atoms with E-state index in [1.807, 2.05) is 39.0 Å². The second kappa shape index (κ2) is 7.45. The van der Waals surface area contributed by atoms with Crippen molar-refractivity contribution < 1.29 is 9.53 Å². The summed E-state index contributed by atoms with van der Waals surface area (Å²) in [5.41, 5.74) is 1.66. The van der Waals surface area contributed by atoms with E-state index >= 15 is 0 Å². The Hall–Kier alpha value is -2.79. The van der Waals surface area contributed by atoms with Crippen LogP contribution in [-0.4, -0.2) is 20.8 Å². The van der Waals surface area contributed by atoms with Crippen molar-refractivity contribution in [2.45, 2.75) is 32.9 Å². The smallest absolute Gasteiger partial charge is 0.418 e. The molecule has 27 heavy (non-hydrogen) atoms. The van der Waals surface area contributed by atoms with Crippen LogP contribution >= 0.6 is 11.6 Å². The van der Waals surface area contributed by atoms with Crippen LogP contribution in [0.15, 0.2) is 65.7 Å². The molecular formula is C21H21ClN2O3. The van der Waals surface area contributed by atoms with Crippen molar-refractivity contribution in [1.82, 2.24) is 9.13 Å². The minimum Gasteiger partial charge on any atom is -0.443 e. The second-order valence-electron chi connectivity index (χ2n) is 7.25. The number of carbonyl (C=O) groups excluding carboxylic acids is 1. The standard InChI is InChI=1S/C21H21ClN2O3/c1-21(2,3)27-20(26)24-12-4-5-18(24)16-8-11-19(25)23(14-16)13-15-6-9-17(22)10-7-15/h4-12,14H,13H2,1-3H3. The number of ether oxygens (including phenoxy) is 1. The molecule has 3 rings (SSSR count). The van der Waals surface area contributed by atoms with Crippen LogP contribution in [0.2, 0.25) is 5.02 Å². The molecular weight excluding hydrogens is 364 g/mol. The minimum atomic E-state index is -0.591. The molecule has 1 aromatic carbocycles. The lowest BCUT2D eigenvalue weighted by molar-refractivity contribution is 0.0540. The first kappa shape index (κ1) is 19.0. The molecule has 0 saturated carbocycles. The number of carbonyl (C=O) groups is 1. The van der Waals surface area contributed by atoms with Crippen molar-refractivity contribution in [1.29, 1.82) is 0 Å². The summed E-state index contributed by atoms with van der Waals surface area (Å²) in [5.74, 6) is 0. The molecule has 2 aromatic heterocycles. The van der Waals surface area contributed by atoms with Gasteiger partial charge in [-0.2, -0.15) is 0 Å². The highest BCUT2D eigenvalue weighted by molar-refractivity contribution is 6.30. The lowest BCUT2D eigenvalue weighted by atomic mass is 10.2. The van der Waals surface area contributed by atoms with Crippen molar-refractivity contribution in [2.75, 3.05) is 0 Å². The van der Waals surface area contributed by atoms with Crippen LogP contribution in [0.1, 0.15) is 26.3 Å². The zero-order chi connectivity index (χ0) is 19.6. The third-order valence-electron chi connectivity index (χ3n) is 3.88. The maximum Gasteiger partial charge on any atom is 0.418 e. The molecule has 0 amide bonds. The summed E-state index contributed by atoms with van der Waals surface area (Å²) in [6.07, 6.45) is 2.93. The summed E-state index contributed by atoms with van der Waals surface area (Å²) in [7, 11) is 0. The van der Waals surface area contributed by atoms with E-state index in [2.05, 4.69) is 0 Å². The maximum absolute atomic E-state index is 12.5. The highest BCUT2D eigenvalue weighted by Crippen LogP contribution is 2.21. The van der Waals surface area contributed by atoms with Crippen LogP contribution in [0.3, 0.4) is 0 Å². The zero-order valence-electron chi connectivity index (χ0n) is 15.5. The van der Waals surface area contributed by atoms with Gasteiger partial charge < -0.3 is 9.30 Å². The molecule has 0 aliphatic heterocycles. The second-order valence-corrected chi connectivity index (χ2v) is 7.69. The Kier molecular flexibility index (Phi) is 5.24. The Morgan fingerprint density at radius 3 is 2.44 bits per heavy atom. The highest BCUT2D eigenvalue weighted by Gasteiger charge is 2.20. The number of pyridine rings is 1. The van der Waals surface area contributed by atoms with Gasteiger partial charge in [0, 0.05) is 29.0 Å².